The van der Waals surface area contributed by atoms with Crippen molar-refractivity contribution in [3.63, 3.8) is 0 Å². The molecule has 1 saturated heterocycles. The molecule has 3 nitrogen and oxygen atoms in total. The van der Waals surface area contributed by atoms with Gasteiger partial charge in [0.2, 0.25) is 5.91 Å². The molecule has 0 bridgehead atoms. The van der Waals surface area contributed by atoms with E-state index in [1.54, 1.807) is 0 Å². The van der Waals surface area contributed by atoms with Crippen molar-refractivity contribution in [3.05, 3.63) is 70.9 Å². The van der Waals surface area contributed by atoms with Crippen molar-refractivity contribution in [2.24, 2.45) is 5.92 Å². The lowest BCUT2D eigenvalue weighted by Gasteiger charge is -2.32. The Balaban J connectivity index is 1.37. The maximum absolute atomic E-state index is 12.7. The maximum atomic E-state index is 12.7. The summed E-state index contributed by atoms with van der Waals surface area (Å²) >= 11 is 0. The van der Waals surface area contributed by atoms with E-state index in [2.05, 4.69) is 60.1 Å². The average molecular weight is 361 g/mol. The summed E-state index contributed by atoms with van der Waals surface area (Å²) < 4.78 is 0. The SMILES string of the molecule is Cc1ccccc1CC(=O)N1CCC(Cc2c(C)[nH]c3ccccc23)CC1. The zero-order chi connectivity index (χ0) is 18.8. The summed E-state index contributed by atoms with van der Waals surface area (Å²) in [6, 6.07) is 16.8. The van der Waals surface area contributed by atoms with Crippen LogP contribution in [0.25, 0.3) is 10.9 Å². The Morgan fingerprint density at radius 1 is 1.04 bits per heavy atom. The van der Waals surface area contributed by atoms with Crippen LogP contribution in [0, 0.1) is 19.8 Å². The average Bonchev–Trinajstić information content (AvgIpc) is 2.99. The number of carbonyl (C=O) groups is 1. The Hall–Kier alpha value is -2.55. The first-order chi connectivity index (χ1) is 13.1. The second kappa shape index (κ2) is 7.59. The van der Waals surface area contributed by atoms with Crippen molar-refractivity contribution < 1.29 is 4.79 Å². The predicted molar refractivity (Wildman–Crippen MR) is 111 cm³/mol. The Labute approximate surface area is 161 Å². The number of aryl methyl sites for hydroxylation is 2. The van der Waals surface area contributed by atoms with Gasteiger partial charge in [0, 0.05) is 29.7 Å². The Morgan fingerprint density at radius 3 is 2.52 bits per heavy atom. The van der Waals surface area contributed by atoms with Gasteiger partial charge in [-0.3, -0.25) is 4.79 Å². The third-order valence-corrected chi connectivity index (χ3v) is 6.09. The number of hydrogen-bond acceptors (Lipinski definition) is 1. The molecule has 0 saturated carbocycles. The van der Waals surface area contributed by atoms with Crippen LogP contribution in [0.1, 0.15) is 35.2 Å². The number of hydrogen-bond donors (Lipinski definition) is 1. The summed E-state index contributed by atoms with van der Waals surface area (Å²) in [5.74, 6) is 0.927. The molecule has 1 amide bonds. The number of fused-ring (bicyclic) bond motifs is 1. The van der Waals surface area contributed by atoms with E-state index in [0.29, 0.717) is 12.3 Å². The van der Waals surface area contributed by atoms with E-state index in [1.807, 2.05) is 12.1 Å². The molecule has 0 spiro atoms. The van der Waals surface area contributed by atoms with E-state index in [4.69, 9.17) is 0 Å². The molecule has 1 N–H and O–H groups in total. The predicted octanol–water partition coefficient (Wildman–Crippen LogP) is 4.81. The largest absolute Gasteiger partial charge is 0.358 e. The normalized spacial score (nSPS) is 15.4. The van der Waals surface area contributed by atoms with E-state index in [9.17, 15) is 4.79 Å². The number of likely N-dealkylation sites (tertiary alicyclic amines) is 1. The number of carbonyl (C=O) groups excluding carboxylic acids is 1. The van der Waals surface area contributed by atoms with E-state index in [0.717, 1.165) is 37.9 Å². The standard InChI is InChI=1S/C24H28N2O/c1-17-7-3-4-8-20(17)16-24(27)26-13-11-19(12-14-26)15-22-18(2)25-23-10-6-5-9-21(22)23/h3-10,19,25H,11-16H2,1-2H3. The van der Waals surface area contributed by atoms with Crippen LogP contribution in [-0.4, -0.2) is 28.9 Å². The number of benzene rings is 2. The number of H-pyrrole nitrogens is 1. The molecule has 3 heteroatoms. The van der Waals surface area contributed by atoms with Crippen LogP contribution in [0.15, 0.2) is 48.5 Å². The molecule has 2 heterocycles. The summed E-state index contributed by atoms with van der Waals surface area (Å²) in [5, 5.41) is 1.35. The molecular formula is C24H28N2O. The van der Waals surface area contributed by atoms with Crippen molar-refractivity contribution >= 4 is 16.8 Å². The van der Waals surface area contributed by atoms with Gasteiger partial charge in [-0.05, 0) is 61.8 Å². The van der Waals surface area contributed by atoms with Crippen molar-refractivity contribution in [2.45, 2.75) is 39.5 Å². The highest BCUT2D eigenvalue weighted by Crippen LogP contribution is 2.29. The molecule has 1 aliphatic heterocycles. The third-order valence-electron chi connectivity index (χ3n) is 6.09. The van der Waals surface area contributed by atoms with Gasteiger partial charge in [-0.2, -0.15) is 0 Å². The molecule has 0 aliphatic carbocycles. The van der Waals surface area contributed by atoms with Gasteiger partial charge in [-0.25, -0.2) is 0 Å². The molecule has 0 unspecified atom stereocenters. The molecule has 2 aromatic carbocycles. The van der Waals surface area contributed by atoms with Crippen LogP contribution in [-0.2, 0) is 17.6 Å². The first-order valence-corrected chi connectivity index (χ1v) is 10.0. The van der Waals surface area contributed by atoms with E-state index < -0.39 is 0 Å². The fraction of sp³-hybridized carbons (Fsp3) is 0.375. The highest BCUT2D eigenvalue weighted by molar-refractivity contribution is 5.84. The van der Waals surface area contributed by atoms with Gasteiger partial charge in [0.1, 0.15) is 0 Å². The number of rotatable bonds is 4. The van der Waals surface area contributed by atoms with Gasteiger partial charge in [-0.15, -0.1) is 0 Å². The topological polar surface area (TPSA) is 36.1 Å². The number of aromatic nitrogens is 1. The highest BCUT2D eigenvalue weighted by Gasteiger charge is 2.24. The molecular weight excluding hydrogens is 332 g/mol. The number of para-hydroxylation sites is 1. The lowest BCUT2D eigenvalue weighted by Crippen LogP contribution is -2.39. The Kier molecular flexibility index (Phi) is 5.02. The third kappa shape index (κ3) is 3.78. The van der Waals surface area contributed by atoms with Crippen LogP contribution in [0.3, 0.4) is 0 Å². The minimum atomic E-state index is 0.269. The van der Waals surface area contributed by atoms with Crippen molar-refractivity contribution in [2.75, 3.05) is 13.1 Å². The van der Waals surface area contributed by atoms with Crippen LogP contribution in [0.4, 0.5) is 0 Å². The number of amides is 1. The summed E-state index contributed by atoms with van der Waals surface area (Å²) in [6.07, 6.45) is 3.82. The Morgan fingerprint density at radius 2 is 1.74 bits per heavy atom. The molecule has 140 valence electrons. The number of nitrogens with zero attached hydrogens (tertiary/aromatic N) is 1. The molecule has 3 aromatic rings. The van der Waals surface area contributed by atoms with Gasteiger partial charge >= 0.3 is 0 Å². The second-order valence-corrected chi connectivity index (χ2v) is 7.91. The second-order valence-electron chi connectivity index (χ2n) is 7.91. The monoisotopic (exact) mass is 360 g/mol. The van der Waals surface area contributed by atoms with Crippen LogP contribution >= 0.6 is 0 Å². The molecule has 1 fully saturated rings. The lowest BCUT2D eigenvalue weighted by molar-refractivity contribution is -0.131. The molecule has 27 heavy (non-hydrogen) atoms. The summed E-state index contributed by atoms with van der Waals surface area (Å²) in [5.41, 5.74) is 6.33. The molecule has 1 aliphatic rings. The fourth-order valence-electron chi connectivity index (χ4n) is 4.36. The van der Waals surface area contributed by atoms with Crippen molar-refractivity contribution in [1.82, 2.24) is 9.88 Å². The van der Waals surface area contributed by atoms with Crippen LogP contribution in [0.2, 0.25) is 0 Å². The van der Waals surface area contributed by atoms with Crippen LogP contribution in [0.5, 0.6) is 0 Å². The van der Waals surface area contributed by atoms with Gasteiger partial charge in [-0.1, -0.05) is 42.5 Å². The first kappa shape index (κ1) is 17.8. The number of aromatic amines is 1. The van der Waals surface area contributed by atoms with Gasteiger partial charge in [0.05, 0.1) is 6.42 Å². The first-order valence-electron chi connectivity index (χ1n) is 10.0. The van der Waals surface area contributed by atoms with E-state index >= 15 is 0 Å². The van der Waals surface area contributed by atoms with E-state index in [-0.39, 0.29) is 5.91 Å². The zero-order valence-electron chi connectivity index (χ0n) is 16.3. The van der Waals surface area contributed by atoms with Gasteiger partial charge in [0.15, 0.2) is 0 Å². The van der Waals surface area contributed by atoms with E-state index in [1.165, 1.54) is 27.7 Å². The van der Waals surface area contributed by atoms with Gasteiger partial charge < -0.3 is 9.88 Å². The number of nitrogens with one attached hydrogen (secondary N) is 1. The minimum Gasteiger partial charge on any atom is -0.358 e. The molecule has 0 radical (unpaired) electrons. The Bertz CT molecular complexity index is 948. The van der Waals surface area contributed by atoms with Gasteiger partial charge in [0.25, 0.3) is 0 Å². The quantitative estimate of drug-likeness (QED) is 0.712. The minimum absolute atomic E-state index is 0.269. The lowest BCUT2D eigenvalue weighted by atomic mass is 9.89. The molecule has 4 rings (SSSR count). The molecule has 1 aromatic heterocycles. The maximum Gasteiger partial charge on any atom is 0.226 e. The zero-order valence-corrected chi connectivity index (χ0v) is 16.3. The summed E-state index contributed by atoms with van der Waals surface area (Å²) in [4.78, 5) is 18.3. The van der Waals surface area contributed by atoms with Crippen LogP contribution < -0.4 is 0 Å². The highest BCUT2D eigenvalue weighted by atomic mass is 16.2. The smallest absolute Gasteiger partial charge is 0.226 e. The number of piperidine rings is 1. The fourth-order valence-corrected chi connectivity index (χ4v) is 4.36. The van der Waals surface area contributed by atoms with Crippen molar-refractivity contribution in [1.29, 1.82) is 0 Å². The van der Waals surface area contributed by atoms with Crippen molar-refractivity contribution in [3.8, 4) is 0 Å². The molecule has 0 atom stereocenters. The summed E-state index contributed by atoms with van der Waals surface area (Å²) in [7, 11) is 0. The summed E-state index contributed by atoms with van der Waals surface area (Å²) in [6.45, 7) is 6.03.